The van der Waals surface area contributed by atoms with E-state index in [1.165, 1.54) is 0 Å². The van der Waals surface area contributed by atoms with Crippen LogP contribution in [-0.2, 0) is 0 Å². The van der Waals surface area contributed by atoms with Gasteiger partial charge < -0.3 is 10.1 Å². The van der Waals surface area contributed by atoms with Gasteiger partial charge in [0.15, 0.2) is 5.75 Å². The Balaban J connectivity index is 2.17. The van der Waals surface area contributed by atoms with Crippen LogP contribution in [0, 0.1) is 0 Å². The van der Waals surface area contributed by atoms with E-state index in [0.29, 0.717) is 22.9 Å². The molecule has 0 radical (unpaired) electrons. The highest BCUT2D eigenvalue weighted by Gasteiger charge is 2.21. The Morgan fingerprint density at radius 1 is 1.29 bits per heavy atom. The molecule has 1 aliphatic rings. The third-order valence-electron chi connectivity index (χ3n) is 2.41. The molecule has 1 N–H and O–H groups in total. The molecule has 84 valence electrons. The number of benzene rings is 1. The highest BCUT2D eigenvalue weighted by molar-refractivity contribution is 9.10. The van der Waals surface area contributed by atoms with Crippen LogP contribution in [0.5, 0.6) is 11.6 Å². The second-order valence-electron chi connectivity index (χ2n) is 3.55. The average molecular weight is 291 g/mol. The molecule has 0 saturated carbocycles. The molecule has 0 fully saturated rings. The van der Waals surface area contributed by atoms with Crippen molar-refractivity contribution in [1.29, 1.82) is 0 Å². The number of fused-ring (bicyclic) bond motifs is 2. The van der Waals surface area contributed by atoms with Crippen molar-refractivity contribution >= 4 is 27.5 Å². The molecule has 2 aromatic rings. The molecule has 3 rings (SSSR count). The molecule has 1 aromatic heterocycles. The van der Waals surface area contributed by atoms with Crippen molar-refractivity contribution in [3.63, 3.8) is 0 Å². The van der Waals surface area contributed by atoms with Crippen molar-refractivity contribution in [3.8, 4) is 11.6 Å². The minimum absolute atomic E-state index is 0.218. The zero-order valence-electron chi connectivity index (χ0n) is 8.61. The highest BCUT2D eigenvalue weighted by atomic mass is 79.9. The molecule has 1 amide bonds. The summed E-state index contributed by atoms with van der Waals surface area (Å²) in [6.45, 7) is 0. The van der Waals surface area contributed by atoms with Gasteiger partial charge in [0.2, 0.25) is 5.88 Å². The van der Waals surface area contributed by atoms with Crippen molar-refractivity contribution in [2.75, 3.05) is 5.32 Å². The van der Waals surface area contributed by atoms with Crippen molar-refractivity contribution in [1.82, 2.24) is 4.98 Å². The first kappa shape index (κ1) is 10.3. The number of pyridine rings is 1. The molecule has 1 aromatic carbocycles. The molecule has 0 bridgehead atoms. The van der Waals surface area contributed by atoms with Crippen LogP contribution >= 0.6 is 15.9 Å². The van der Waals surface area contributed by atoms with Gasteiger partial charge in [-0.05, 0) is 30.3 Å². The summed E-state index contributed by atoms with van der Waals surface area (Å²) in [7, 11) is 0. The van der Waals surface area contributed by atoms with Crippen molar-refractivity contribution < 1.29 is 9.53 Å². The van der Waals surface area contributed by atoms with E-state index >= 15 is 0 Å². The number of anilines is 1. The largest absolute Gasteiger partial charge is 0.436 e. The molecule has 0 unspecified atom stereocenters. The standard InChI is InChI=1S/C12H7BrN2O2/c13-7-3-4-10-9(6-7)15-11(16)8-2-1-5-14-12(8)17-10/h1-6H,(H,15,16). The molecule has 5 heteroatoms. The molecule has 4 nitrogen and oxygen atoms in total. The van der Waals surface area contributed by atoms with Gasteiger partial charge in [-0.25, -0.2) is 4.98 Å². The van der Waals surface area contributed by atoms with Crippen molar-refractivity contribution in [2.45, 2.75) is 0 Å². The highest BCUT2D eigenvalue weighted by Crippen LogP contribution is 2.35. The lowest BCUT2D eigenvalue weighted by molar-refractivity contribution is 0.102. The lowest BCUT2D eigenvalue weighted by atomic mass is 10.2. The molecule has 17 heavy (non-hydrogen) atoms. The van der Waals surface area contributed by atoms with Crippen molar-refractivity contribution in [2.24, 2.45) is 0 Å². The van der Waals surface area contributed by atoms with E-state index in [0.717, 1.165) is 4.47 Å². The molecule has 0 saturated heterocycles. The summed E-state index contributed by atoms with van der Waals surface area (Å²) in [5, 5.41) is 2.79. The predicted octanol–water partition coefficient (Wildman–Crippen LogP) is 3.20. The second kappa shape index (κ2) is 3.85. The summed E-state index contributed by atoms with van der Waals surface area (Å²) in [4.78, 5) is 16.0. The summed E-state index contributed by atoms with van der Waals surface area (Å²) in [6.07, 6.45) is 1.59. The third-order valence-corrected chi connectivity index (χ3v) is 2.91. The fourth-order valence-electron chi connectivity index (χ4n) is 1.63. The van der Waals surface area contributed by atoms with E-state index < -0.39 is 0 Å². The number of aromatic nitrogens is 1. The van der Waals surface area contributed by atoms with Gasteiger partial charge in [0.05, 0.1) is 5.69 Å². The van der Waals surface area contributed by atoms with Gasteiger partial charge >= 0.3 is 0 Å². The lowest BCUT2D eigenvalue weighted by Crippen LogP contribution is -2.10. The van der Waals surface area contributed by atoms with Crippen LogP contribution < -0.4 is 10.1 Å². The quantitative estimate of drug-likeness (QED) is 0.811. The number of rotatable bonds is 0. The Labute approximate surface area is 106 Å². The van der Waals surface area contributed by atoms with Crippen molar-refractivity contribution in [3.05, 3.63) is 46.6 Å². The van der Waals surface area contributed by atoms with Crippen LogP contribution in [0.25, 0.3) is 0 Å². The monoisotopic (exact) mass is 290 g/mol. The molecular weight excluding hydrogens is 284 g/mol. The Bertz CT molecular complexity index is 613. The molecule has 0 atom stereocenters. The first-order valence-electron chi connectivity index (χ1n) is 4.98. The van der Waals surface area contributed by atoms with Gasteiger partial charge in [-0.2, -0.15) is 0 Å². The minimum Gasteiger partial charge on any atom is -0.436 e. The van der Waals surface area contributed by atoms with Crippen LogP contribution in [-0.4, -0.2) is 10.9 Å². The Morgan fingerprint density at radius 2 is 2.18 bits per heavy atom. The van der Waals surface area contributed by atoms with Gasteiger partial charge in [0, 0.05) is 10.7 Å². The summed E-state index contributed by atoms with van der Waals surface area (Å²) >= 11 is 3.35. The number of hydrogen-bond donors (Lipinski definition) is 1. The number of hydrogen-bond acceptors (Lipinski definition) is 3. The van der Waals surface area contributed by atoms with Gasteiger partial charge in [-0.3, -0.25) is 4.79 Å². The topological polar surface area (TPSA) is 51.2 Å². The lowest BCUT2D eigenvalue weighted by Gasteiger charge is -2.06. The van der Waals surface area contributed by atoms with Crippen LogP contribution in [0.1, 0.15) is 10.4 Å². The normalized spacial score (nSPS) is 12.9. The average Bonchev–Trinajstić information content (AvgIpc) is 2.46. The number of carbonyl (C=O) groups is 1. The van der Waals surface area contributed by atoms with Gasteiger partial charge in [-0.15, -0.1) is 0 Å². The number of amides is 1. The number of nitrogens with one attached hydrogen (secondary N) is 1. The summed E-state index contributed by atoms with van der Waals surface area (Å²) < 4.78 is 6.49. The van der Waals surface area contributed by atoms with Gasteiger partial charge in [0.1, 0.15) is 5.56 Å². The zero-order valence-corrected chi connectivity index (χ0v) is 10.2. The van der Waals surface area contributed by atoms with Crippen LogP contribution in [0.4, 0.5) is 5.69 Å². The molecular formula is C12H7BrN2O2. The molecule has 0 aliphatic carbocycles. The Kier molecular flexibility index (Phi) is 2.33. The molecule has 0 spiro atoms. The van der Waals surface area contributed by atoms with Gasteiger partial charge in [-0.1, -0.05) is 15.9 Å². The van der Waals surface area contributed by atoms with E-state index in [2.05, 4.69) is 26.2 Å². The summed E-state index contributed by atoms with van der Waals surface area (Å²) in [5.74, 6) is 0.690. The maximum Gasteiger partial charge on any atom is 0.261 e. The van der Waals surface area contributed by atoms with E-state index in [4.69, 9.17) is 4.74 Å². The fraction of sp³-hybridized carbons (Fsp3) is 0. The van der Waals surface area contributed by atoms with E-state index in [1.54, 1.807) is 30.5 Å². The van der Waals surface area contributed by atoms with Crippen LogP contribution in [0.2, 0.25) is 0 Å². The number of carbonyl (C=O) groups excluding carboxylic acids is 1. The van der Waals surface area contributed by atoms with E-state index in [-0.39, 0.29) is 5.91 Å². The van der Waals surface area contributed by atoms with Crippen LogP contribution in [0.3, 0.4) is 0 Å². The number of nitrogens with zero attached hydrogens (tertiary/aromatic N) is 1. The molecule has 1 aliphatic heterocycles. The van der Waals surface area contributed by atoms with Gasteiger partial charge in [0.25, 0.3) is 5.91 Å². The Morgan fingerprint density at radius 3 is 3.06 bits per heavy atom. The zero-order chi connectivity index (χ0) is 11.8. The maximum absolute atomic E-state index is 11.9. The maximum atomic E-state index is 11.9. The SMILES string of the molecule is O=C1Nc2cc(Br)ccc2Oc2ncccc21. The van der Waals surface area contributed by atoms with Crippen LogP contribution in [0.15, 0.2) is 41.0 Å². The minimum atomic E-state index is -0.218. The number of halogens is 1. The predicted molar refractivity (Wildman–Crippen MR) is 66.4 cm³/mol. The first-order chi connectivity index (χ1) is 8.24. The second-order valence-corrected chi connectivity index (χ2v) is 4.47. The number of ether oxygens (including phenoxy) is 1. The van der Waals surface area contributed by atoms with E-state index in [9.17, 15) is 4.79 Å². The summed E-state index contributed by atoms with van der Waals surface area (Å²) in [6, 6.07) is 8.80. The first-order valence-corrected chi connectivity index (χ1v) is 5.77. The molecule has 2 heterocycles. The smallest absolute Gasteiger partial charge is 0.261 e. The third kappa shape index (κ3) is 1.78. The van der Waals surface area contributed by atoms with E-state index in [1.807, 2.05) is 6.07 Å². The fourth-order valence-corrected chi connectivity index (χ4v) is 1.99. The summed E-state index contributed by atoms with van der Waals surface area (Å²) in [5.41, 5.74) is 1.06. The Hall–Kier alpha value is -1.88.